The summed E-state index contributed by atoms with van der Waals surface area (Å²) < 4.78 is 5.63. The molecular weight excluding hydrogens is 310 g/mol. The van der Waals surface area contributed by atoms with Crippen molar-refractivity contribution in [3.05, 3.63) is 57.2 Å². The van der Waals surface area contributed by atoms with E-state index in [-0.39, 0.29) is 19.1 Å². The van der Waals surface area contributed by atoms with Crippen molar-refractivity contribution in [1.29, 1.82) is 0 Å². The first-order chi connectivity index (χ1) is 10.0. The van der Waals surface area contributed by atoms with E-state index in [1.54, 1.807) is 24.3 Å². The summed E-state index contributed by atoms with van der Waals surface area (Å²) in [7, 11) is 1.51. The Hall–Kier alpha value is -1.40. The number of aliphatic hydroxyl groups is 1. The average molecular weight is 326 g/mol. The smallest absolute Gasteiger partial charge is 0.261 e. The van der Waals surface area contributed by atoms with Crippen LogP contribution in [-0.2, 0) is 10.3 Å². The number of nitrogens with one attached hydrogen (secondary N) is 1. The van der Waals surface area contributed by atoms with Gasteiger partial charge in [-0.1, -0.05) is 41.9 Å². The predicted molar refractivity (Wildman–Crippen MR) is 83.9 cm³/mol. The maximum Gasteiger partial charge on any atom is 0.261 e. The van der Waals surface area contributed by atoms with Crippen molar-refractivity contribution < 1.29 is 14.6 Å². The molecule has 0 bridgehead atoms. The van der Waals surface area contributed by atoms with Crippen LogP contribution in [-0.4, -0.2) is 31.3 Å². The van der Waals surface area contributed by atoms with Gasteiger partial charge in [0.25, 0.3) is 5.91 Å². The zero-order valence-electron chi connectivity index (χ0n) is 11.5. The molecule has 2 N–H and O–H groups in total. The third-order valence-corrected chi connectivity index (χ3v) is 4.26. The van der Waals surface area contributed by atoms with Gasteiger partial charge in [0.1, 0.15) is 5.60 Å². The number of rotatable bonds is 6. The molecule has 0 aliphatic rings. The number of amides is 1. The van der Waals surface area contributed by atoms with E-state index in [9.17, 15) is 9.90 Å². The summed E-state index contributed by atoms with van der Waals surface area (Å²) in [6.45, 7) is 0.141. The number of thiophene rings is 1. The van der Waals surface area contributed by atoms with Gasteiger partial charge in [0, 0.05) is 7.11 Å². The number of hydrogen-bond acceptors (Lipinski definition) is 4. The van der Waals surface area contributed by atoms with Crippen molar-refractivity contribution in [1.82, 2.24) is 5.32 Å². The normalized spacial score (nSPS) is 13.7. The predicted octanol–water partition coefficient (Wildman–Crippen LogP) is 2.67. The number of hydrogen-bond donors (Lipinski definition) is 2. The van der Waals surface area contributed by atoms with Crippen LogP contribution in [0.15, 0.2) is 42.5 Å². The van der Waals surface area contributed by atoms with E-state index in [1.807, 2.05) is 18.2 Å². The minimum Gasteiger partial charge on any atom is -0.381 e. The molecule has 2 aromatic rings. The molecule has 0 fully saturated rings. The molecule has 1 amide bonds. The van der Waals surface area contributed by atoms with Gasteiger partial charge in [-0.25, -0.2) is 0 Å². The first kappa shape index (κ1) is 16.0. The van der Waals surface area contributed by atoms with Gasteiger partial charge in [0.05, 0.1) is 22.4 Å². The Kier molecular flexibility index (Phi) is 5.36. The van der Waals surface area contributed by atoms with Crippen molar-refractivity contribution >= 4 is 28.8 Å². The Morgan fingerprint density at radius 1 is 1.33 bits per heavy atom. The minimum atomic E-state index is -1.27. The summed E-state index contributed by atoms with van der Waals surface area (Å²) in [6.07, 6.45) is 0. The highest BCUT2D eigenvalue weighted by Crippen LogP contribution is 2.23. The molecule has 6 heteroatoms. The first-order valence-electron chi connectivity index (χ1n) is 6.35. The van der Waals surface area contributed by atoms with Crippen molar-refractivity contribution in [2.45, 2.75) is 5.60 Å². The van der Waals surface area contributed by atoms with E-state index >= 15 is 0 Å². The van der Waals surface area contributed by atoms with E-state index in [0.717, 1.165) is 0 Å². The highest BCUT2D eigenvalue weighted by atomic mass is 35.5. The van der Waals surface area contributed by atoms with E-state index in [2.05, 4.69) is 5.32 Å². The van der Waals surface area contributed by atoms with Crippen LogP contribution in [0, 0.1) is 0 Å². The molecule has 0 aliphatic carbocycles. The summed E-state index contributed by atoms with van der Waals surface area (Å²) in [4.78, 5) is 12.5. The Balaban J connectivity index is 2.08. The van der Waals surface area contributed by atoms with Gasteiger partial charge in [0.15, 0.2) is 0 Å². The van der Waals surface area contributed by atoms with Gasteiger partial charge in [0.2, 0.25) is 0 Å². The number of benzene rings is 1. The molecule has 4 nitrogen and oxygen atoms in total. The summed E-state index contributed by atoms with van der Waals surface area (Å²) in [5, 5.41) is 13.4. The molecule has 2 rings (SSSR count). The number of halogens is 1. The average Bonchev–Trinajstić information content (AvgIpc) is 2.93. The van der Waals surface area contributed by atoms with Crippen LogP contribution >= 0.6 is 22.9 Å². The Labute approximate surface area is 132 Å². The second-order valence-corrected chi connectivity index (χ2v) is 6.33. The summed E-state index contributed by atoms with van der Waals surface area (Å²) >= 11 is 7.01. The Bertz CT molecular complexity index is 602. The third kappa shape index (κ3) is 4.04. The van der Waals surface area contributed by atoms with Crippen LogP contribution in [0.2, 0.25) is 4.34 Å². The van der Waals surface area contributed by atoms with Gasteiger partial charge >= 0.3 is 0 Å². The molecule has 1 unspecified atom stereocenters. The second kappa shape index (κ2) is 7.04. The van der Waals surface area contributed by atoms with Crippen LogP contribution in [0.1, 0.15) is 15.2 Å². The number of carbonyl (C=O) groups excluding carboxylic acids is 1. The first-order valence-corrected chi connectivity index (χ1v) is 7.55. The van der Waals surface area contributed by atoms with Crippen LogP contribution in [0.5, 0.6) is 0 Å². The molecule has 1 heterocycles. The standard InChI is InChI=1S/C15H16ClNO3S/c1-20-10-15(19,11-5-3-2-4-6-11)9-17-14(18)12-7-8-13(16)21-12/h2-8,19H,9-10H2,1H3,(H,17,18). The zero-order chi connectivity index (χ0) is 15.3. The van der Waals surface area contributed by atoms with Gasteiger partial charge in [-0.2, -0.15) is 0 Å². The molecule has 21 heavy (non-hydrogen) atoms. The molecule has 1 atom stereocenters. The topological polar surface area (TPSA) is 58.6 Å². The minimum absolute atomic E-state index is 0.0548. The molecule has 0 saturated heterocycles. The highest BCUT2D eigenvalue weighted by Gasteiger charge is 2.30. The number of ether oxygens (including phenoxy) is 1. The molecule has 0 saturated carbocycles. The largest absolute Gasteiger partial charge is 0.381 e. The van der Waals surface area contributed by atoms with Crippen LogP contribution in [0.4, 0.5) is 0 Å². The van der Waals surface area contributed by atoms with Crippen molar-refractivity contribution in [2.24, 2.45) is 0 Å². The molecule has 0 aliphatic heterocycles. The third-order valence-electron chi connectivity index (χ3n) is 3.03. The lowest BCUT2D eigenvalue weighted by Gasteiger charge is -2.28. The quantitative estimate of drug-likeness (QED) is 0.858. The lowest BCUT2D eigenvalue weighted by Crippen LogP contribution is -2.43. The fourth-order valence-electron chi connectivity index (χ4n) is 1.97. The monoisotopic (exact) mass is 325 g/mol. The van der Waals surface area contributed by atoms with Gasteiger partial charge in [-0.15, -0.1) is 11.3 Å². The summed E-state index contributed by atoms with van der Waals surface area (Å²) in [5.41, 5.74) is -0.580. The van der Waals surface area contributed by atoms with Crippen molar-refractivity contribution in [3.63, 3.8) is 0 Å². The van der Waals surface area contributed by atoms with E-state index < -0.39 is 5.60 Å². The summed E-state index contributed by atoms with van der Waals surface area (Å²) in [6, 6.07) is 12.4. The fourth-order valence-corrected chi connectivity index (χ4v) is 2.93. The fraction of sp³-hybridized carbons (Fsp3) is 0.267. The Morgan fingerprint density at radius 2 is 2.05 bits per heavy atom. The molecular formula is C15H16ClNO3S. The van der Waals surface area contributed by atoms with Gasteiger partial charge in [-0.05, 0) is 17.7 Å². The molecule has 112 valence electrons. The molecule has 1 aromatic carbocycles. The van der Waals surface area contributed by atoms with Gasteiger partial charge < -0.3 is 15.2 Å². The highest BCUT2D eigenvalue weighted by molar-refractivity contribution is 7.17. The van der Waals surface area contributed by atoms with Crippen LogP contribution in [0.3, 0.4) is 0 Å². The lowest BCUT2D eigenvalue weighted by molar-refractivity contribution is -0.0334. The molecule has 0 spiro atoms. The molecule has 1 aromatic heterocycles. The van der Waals surface area contributed by atoms with Crippen LogP contribution in [0.25, 0.3) is 0 Å². The zero-order valence-corrected chi connectivity index (χ0v) is 13.1. The van der Waals surface area contributed by atoms with E-state index in [1.165, 1.54) is 18.4 Å². The SMILES string of the molecule is COCC(O)(CNC(=O)c1ccc(Cl)s1)c1ccccc1. The maximum absolute atomic E-state index is 12.0. The van der Waals surface area contributed by atoms with E-state index in [0.29, 0.717) is 14.8 Å². The Morgan fingerprint density at radius 3 is 2.62 bits per heavy atom. The van der Waals surface area contributed by atoms with Gasteiger partial charge in [-0.3, -0.25) is 4.79 Å². The van der Waals surface area contributed by atoms with Crippen LogP contribution < -0.4 is 5.32 Å². The lowest BCUT2D eigenvalue weighted by atomic mass is 9.94. The van der Waals surface area contributed by atoms with E-state index in [4.69, 9.17) is 16.3 Å². The second-order valence-electron chi connectivity index (χ2n) is 4.62. The summed E-state index contributed by atoms with van der Waals surface area (Å²) in [5.74, 6) is -0.266. The maximum atomic E-state index is 12.0. The molecule has 0 radical (unpaired) electrons. The van der Waals surface area contributed by atoms with Crippen molar-refractivity contribution in [2.75, 3.05) is 20.3 Å². The van der Waals surface area contributed by atoms with Crippen molar-refractivity contribution in [3.8, 4) is 0 Å². The number of carbonyl (C=O) groups is 1. The number of methoxy groups -OCH3 is 1.